The average molecular weight is 397 g/mol. The highest BCUT2D eigenvalue weighted by atomic mass is 32.2. The van der Waals surface area contributed by atoms with Gasteiger partial charge in [0.05, 0.1) is 15.5 Å². The molecule has 0 spiro atoms. The van der Waals surface area contributed by atoms with Crippen LogP contribution >= 0.6 is 11.3 Å². The molecule has 6 nitrogen and oxygen atoms in total. The van der Waals surface area contributed by atoms with Crippen molar-refractivity contribution in [3.05, 3.63) is 52.9 Å². The molecule has 0 aliphatic rings. The molecule has 0 bridgehead atoms. The molecule has 0 atom stereocenters. The van der Waals surface area contributed by atoms with Crippen molar-refractivity contribution in [2.24, 2.45) is 0 Å². The molecule has 0 unspecified atom stereocenters. The molecule has 10 heteroatoms. The number of aromatic nitrogens is 2. The highest BCUT2D eigenvalue weighted by molar-refractivity contribution is 7.91. The molecular formula is C16H13F2N3O3S2. The number of nitrogens with zero attached hydrogens (tertiary/aromatic N) is 1. The van der Waals surface area contributed by atoms with Gasteiger partial charge >= 0.3 is 5.76 Å². The van der Waals surface area contributed by atoms with Crippen molar-refractivity contribution < 1.29 is 22.0 Å². The molecule has 2 heterocycles. The fourth-order valence-electron chi connectivity index (χ4n) is 2.18. The van der Waals surface area contributed by atoms with Crippen LogP contribution in [0.15, 0.2) is 47.4 Å². The smallest absolute Gasteiger partial charge is 0.305 e. The van der Waals surface area contributed by atoms with Gasteiger partial charge < -0.3 is 5.32 Å². The van der Waals surface area contributed by atoms with Crippen molar-refractivity contribution in [2.75, 3.05) is 5.32 Å². The number of aryl methyl sites for hydroxylation is 1. The molecular weight excluding hydrogens is 384 g/mol. The standard InChI is InChI=1S/C16H13F2N3O3S2/c1-9-2-7-13(25-9)12-8-14(21-20-12)19-15(22)10-3-5-11(6-4-10)26(23,24)16(17)18/h2-8,16H,1H3,(H2,19,20,21,22). The molecule has 0 radical (unpaired) electrons. The number of benzene rings is 1. The summed E-state index contributed by atoms with van der Waals surface area (Å²) >= 11 is 1.57. The van der Waals surface area contributed by atoms with Gasteiger partial charge in [0.2, 0.25) is 9.84 Å². The van der Waals surface area contributed by atoms with Gasteiger partial charge in [-0.1, -0.05) is 0 Å². The first-order valence-corrected chi connectivity index (χ1v) is 9.69. The number of hydrogen-bond acceptors (Lipinski definition) is 5. The van der Waals surface area contributed by atoms with E-state index in [0.29, 0.717) is 5.82 Å². The van der Waals surface area contributed by atoms with Gasteiger partial charge in [0.25, 0.3) is 5.91 Å². The molecule has 0 aliphatic carbocycles. The van der Waals surface area contributed by atoms with Gasteiger partial charge in [-0.2, -0.15) is 13.9 Å². The second kappa shape index (κ2) is 6.96. The van der Waals surface area contributed by atoms with Crippen LogP contribution in [0.3, 0.4) is 0 Å². The minimum Gasteiger partial charge on any atom is -0.305 e. The predicted octanol–water partition coefficient (Wildman–Crippen LogP) is 3.70. The van der Waals surface area contributed by atoms with Gasteiger partial charge in [-0.15, -0.1) is 11.3 Å². The van der Waals surface area contributed by atoms with Crippen LogP contribution in [0.1, 0.15) is 15.2 Å². The van der Waals surface area contributed by atoms with E-state index in [4.69, 9.17) is 0 Å². The molecule has 2 N–H and O–H groups in total. The molecule has 136 valence electrons. The van der Waals surface area contributed by atoms with Crippen LogP contribution in [0, 0.1) is 6.92 Å². The van der Waals surface area contributed by atoms with Gasteiger partial charge in [0, 0.05) is 16.5 Å². The number of thiophene rings is 1. The van der Waals surface area contributed by atoms with E-state index >= 15 is 0 Å². The van der Waals surface area contributed by atoms with Gasteiger partial charge in [-0.3, -0.25) is 9.89 Å². The molecule has 3 aromatic rings. The van der Waals surface area contributed by atoms with Crippen molar-refractivity contribution in [2.45, 2.75) is 17.6 Å². The Morgan fingerprint density at radius 3 is 2.46 bits per heavy atom. The Hall–Kier alpha value is -2.59. The topological polar surface area (TPSA) is 91.9 Å². The number of anilines is 1. The summed E-state index contributed by atoms with van der Waals surface area (Å²) in [4.78, 5) is 13.8. The summed E-state index contributed by atoms with van der Waals surface area (Å²) < 4.78 is 47.8. The van der Waals surface area contributed by atoms with Crippen LogP contribution in [0.4, 0.5) is 14.6 Å². The number of hydrogen-bond donors (Lipinski definition) is 2. The van der Waals surface area contributed by atoms with Gasteiger partial charge in [-0.05, 0) is 43.3 Å². The van der Waals surface area contributed by atoms with E-state index in [-0.39, 0.29) is 5.56 Å². The number of sulfone groups is 1. The molecule has 1 amide bonds. The first-order valence-electron chi connectivity index (χ1n) is 7.33. The Bertz CT molecular complexity index is 1040. The second-order valence-corrected chi connectivity index (χ2v) is 8.57. The minimum atomic E-state index is -4.68. The Balaban J connectivity index is 1.74. The molecule has 3 rings (SSSR count). The molecule has 1 aromatic carbocycles. The van der Waals surface area contributed by atoms with E-state index in [1.807, 2.05) is 19.1 Å². The van der Waals surface area contributed by atoms with Crippen molar-refractivity contribution >= 4 is 32.9 Å². The van der Waals surface area contributed by atoms with Gasteiger partial charge in [0.15, 0.2) is 5.82 Å². The van der Waals surface area contributed by atoms with E-state index in [9.17, 15) is 22.0 Å². The molecule has 2 aromatic heterocycles. The van der Waals surface area contributed by atoms with Crippen molar-refractivity contribution in [1.29, 1.82) is 0 Å². The summed E-state index contributed by atoms with van der Waals surface area (Å²) in [6.45, 7) is 1.98. The maximum absolute atomic E-state index is 12.5. The number of halogens is 2. The summed E-state index contributed by atoms with van der Waals surface area (Å²) in [7, 11) is -4.68. The zero-order chi connectivity index (χ0) is 18.9. The summed E-state index contributed by atoms with van der Waals surface area (Å²) in [6, 6.07) is 9.84. The summed E-state index contributed by atoms with van der Waals surface area (Å²) in [5.74, 6) is -3.75. The lowest BCUT2D eigenvalue weighted by Crippen LogP contribution is -2.14. The van der Waals surface area contributed by atoms with E-state index in [2.05, 4.69) is 15.5 Å². The minimum absolute atomic E-state index is 0.120. The first-order chi connectivity index (χ1) is 12.3. The maximum atomic E-state index is 12.5. The number of nitrogens with one attached hydrogen (secondary N) is 2. The second-order valence-electron chi connectivity index (χ2n) is 5.36. The van der Waals surface area contributed by atoms with Crippen LogP contribution in [0.2, 0.25) is 0 Å². The van der Waals surface area contributed by atoms with E-state index < -0.39 is 26.4 Å². The third-order valence-electron chi connectivity index (χ3n) is 3.50. The summed E-state index contributed by atoms with van der Waals surface area (Å²) in [6.07, 6.45) is 0. The number of alkyl halides is 2. The lowest BCUT2D eigenvalue weighted by atomic mass is 10.2. The van der Waals surface area contributed by atoms with Crippen LogP contribution in [0.25, 0.3) is 10.6 Å². The van der Waals surface area contributed by atoms with Gasteiger partial charge in [0.1, 0.15) is 0 Å². The first kappa shape index (κ1) is 18.2. The van der Waals surface area contributed by atoms with Crippen molar-refractivity contribution in [3.8, 4) is 10.6 Å². The number of carbonyl (C=O) groups is 1. The normalized spacial score (nSPS) is 11.7. The fourth-order valence-corrected chi connectivity index (χ4v) is 3.73. The van der Waals surface area contributed by atoms with Crippen LogP contribution in [-0.2, 0) is 9.84 Å². The van der Waals surface area contributed by atoms with Crippen LogP contribution in [-0.4, -0.2) is 30.3 Å². The average Bonchev–Trinajstić information content (AvgIpc) is 3.23. The monoisotopic (exact) mass is 397 g/mol. The molecule has 0 saturated carbocycles. The maximum Gasteiger partial charge on any atom is 0.341 e. The zero-order valence-electron chi connectivity index (χ0n) is 13.4. The predicted molar refractivity (Wildman–Crippen MR) is 94.2 cm³/mol. The third-order valence-corrected chi connectivity index (χ3v) is 5.94. The number of carbonyl (C=O) groups excluding carboxylic acids is 1. The quantitative estimate of drug-likeness (QED) is 0.687. The lowest BCUT2D eigenvalue weighted by molar-refractivity contribution is 0.102. The number of H-pyrrole nitrogens is 1. The Morgan fingerprint density at radius 2 is 1.88 bits per heavy atom. The molecule has 0 fully saturated rings. The molecule has 26 heavy (non-hydrogen) atoms. The van der Waals surface area contributed by atoms with Gasteiger partial charge in [-0.25, -0.2) is 8.42 Å². The van der Waals surface area contributed by atoms with Crippen LogP contribution < -0.4 is 5.32 Å². The zero-order valence-corrected chi connectivity index (χ0v) is 15.0. The van der Waals surface area contributed by atoms with E-state index in [1.165, 1.54) is 12.1 Å². The number of rotatable bonds is 5. The SMILES string of the molecule is Cc1ccc(-c2cc(NC(=O)c3ccc(S(=O)(=O)C(F)F)cc3)n[nH]2)s1. The fraction of sp³-hybridized carbons (Fsp3) is 0.125. The van der Waals surface area contributed by atoms with E-state index in [1.54, 1.807) is 17.4 Å². The Kier molecular flexibility index (Phi) is 4.88. The third kappa shape index (κ3) is 3.65. The largest absolute Gasteiger partial charge is 0.341 e. The number of aromatic amines is 1. The highest BCUT2D eigenvalue weighted by Gasteiger charge is 2.26. The lowest BCUT2D eigenvalue weighted by Gasteiger charge is -2.05. The van der Waals surface area contributed by atoms with Crippen molar-refractivity contribution in [3.63, 3.8) is 0 Å². The van der Waals surface area contributed by atoms with Crippen LogP contribution in [0.5, 0.6) is 0 Å². The van der Waals surface area contributed by atoms with E-state index in [0.717, 1.165) is 27.6 Å². The summed E-state index contributed by atoms with van der Waals surface area (Å²) in [5.41, 5.74) is 0.867. The molecule has 0 saturated heterocycles. The molecule has 0 aliphatic heterocycles. The van der Waals surface area contributed by atoms with Crippen molar-refractivity contribution in [1.82, 2.24) is 10.2 Å². The summed E-state index contributed by atoms with van der Waals surface area (Å²) in [5, 5.41) is 9.38. The Morgan fingerprint density at radius 1 is 1.19 bits per heavy atom. The number of amides is 1. The highest BCUT2D eigenvalue weighted by Crippen LogP contribution is 2.27. The Labute approximate surface area is 151 Å².